The van der Waals surface area contributed by atoms with E-state index in [9.17, 15) is 14.7 Å². The highest BCUT2D eigenvalue weighted by atomic mass is 16.3. The highest BCUT2D eigenvalue weighted by Gasteiger charge is 2.32. The van der Waals surface area contributed by atoms with Crippen LogP contribution >= 0.6 is 0 Å². The quantitative estimate of drug-likeness (QED) is 0.796. The summed E-state index contributed by atoms with van der Waals surface area (Å²) in [6.07, 6.45) is 6.06. The molecule has 0 spiro atoms. The monoisotopic (exact) mass is 337 g/mol. The number of carbonyl (C=O) groups excluding carboxylic acids is 2. The van der Waals surface area contributed by atoms with Gasteiger partial charge in [0.25, 0.3) is 0 Å². The summed E-state index contributed by atoms with van der Waals surface area (Å²) in [5.41, 5.74) is 0. The second-order valence-electron chi connectivity index (χ2n) is 7.73. The van der Waals surface area contributed by atoms with Crippen molar-refractivity contribution in [1.82, 2.24) is 14.7 Å². The Balaban J connectivity index is 1.55. The van der Waals surface area contributed by atoms with E-state index in [2.05, 4.69) is 4.90 Å². The van der Waals surface area contributed by atoms with E-state index in [-0.39, 0.29) is 30.9 Å². The van der Waals surface area contributed by atoms with Gasteiger partial charge in [0.15, 0.2) is 0 Å². The standard InChI is InChI=1S/C18H31N3O3/c22-14-16-9-15(10-19-6-3-4-7-19)11-21(12-16)18(24)13-20-8-2-1-5-17(20)23/h15-16,22H,1-14H2/t15-,16+/m1/s1. The van der Waals surface area contributed by atoms with E-state index >= 15 is 0 Å². The van der Waals surface area contributed by atoms with E-state index in [1.165, 1.54) is 12.8 Å². The number of amides is 2. The predicted octanol–water partition coefficient (Wildman–Crippen LogP) is 0.552. The molecule has 3 rings (SSSR count). The Morgan fingerprint density at radius 2 is 1.75 bits per heavy atom. The maximum Gasteiger partial charge on any atom is 0.242 e. The van der Waals surface area contributed by atoms with Crippen LogP contribution in [0.2, 0.25) is 0 Å². The van der Waals surface area contributed by atoms with Crippen molar-refractivity contribution in [2.45, 2.75) is 38.5 Å². The molecular formula is C18H31N3O3. The molecule has 0 aromatic carbocycles. The molecule has 3 aliphatic heterocycles. The molecule has 0 saturated carbocycles. The number of aliphatic hydroxyl groups excluding tert-OH is 1. The van der Waals surface area contributed by atoms with Crippen LogP contribution in [0, 0.1) is 11.8 Å². The van der Waals surface area contributed by atoms with Gasteiger partial charge in [0.05, 0.1) is 6.54 Å². The van der Waals surface area contributed by atoms with Crippen molar-refractivity contribution in [2.75, 3.05) is 52.4 Å². The Hall–Kier alpha value is -1.14. The van der Waals surface area contributed by atoms with Crippen LogP contribution in [0.4, 0.5) is 0 Å². The zero-order valence-corrected chi connectivity index (χ0v) is 14.7. The third-order valence-electron chi connectivity index (χ3n) is 5.70. The smallest absolute Gasteiger partial charge is 0.242 e. The maximum atomic E-state index is 12.7. The van der Waals surface area contributed by atoms with Crippen molar-refractivity contribution in [3.63, 3.8) is 0 Å². The number of carbonyl (C=O) groups is 2. The number of hydrogen-bond donors (Lipinski definition) is 1. The van der Waals surface area contributed by atoms with Gasteiger partial charge in [-0.1, -0.05) is 0 Å². The average Bonchev–Trinajstić information content (AvgIpc) is 3.09. The number of hydrogen-bond acceptors (Lipinski definition) is 4. The lowest BCUT2D eigenvalue weighted by molar-refractivity contribution is -0.143. The minimum Gasteiger partial charge on any atom is -0.396 e. The van der Waals surface area contributed by atoms with E-state index in [0.717, 1.165) is 45.4 Å². The molecule has 0 bridgehead atoms. The Kier molecular flexibility index (Phi) is 6.11. The van der Waals surface area contributed by atoms with Crippen molar-refractivity contribution >= 4 is 11.8 Å². The van der Waals surface area contributed by atoms with Gasteiger partial charge in [-0.15, -0.1) is 0 Å². The second kappa shape index (κ2) is 8.30. The van der Waals surface area contributed by atoms with E-state index in [4.69, 9.17) is 0 Å². The van der Waals surface area contributed by atoms with Crippen LogP contribution in [0.3, 0.4) is 0 Å². The summed E-state index contributed by atoms with van der Waals surface area (Å²) >= 11 is 0. The Labute approximate surface area is 144 Å². The first kappa shape index (κ1) is 17.7. The van der Waals surface area contributed by atoms with Gasteiger partial charge in [-0.05, 0) is 57.0 Å². The summed E-state index contributed by atoms with van der Waals surface area (Å²) in [6, 6.07) is 0. The molecule has 3 aliphatic rings. The van der Waals surface area contributed by atoms with Gasteiger partial charge in [0, 0.05) is 39.2 Å². The SMILES string of the molecule is O=C1CCCCN1CC(=O)N1C[C@@H](CN2CCCC2)C[C@H](CO)C1. The highest BCUT2D eigenvalue weighted by molar-refractivity contribution is 5.85. The summed E-state index contributed by atoms with van der Waals surface area (Å²) < 4.78 is 0. The number of rotatable bonds is 5. The lowest BCUT2D eigenvalue weighted by atomic mass is 9.89. The van der Waals surface area contributed by atoms with Gasteiger partial charge in [0.1, 0.15) is 0 Å². The molecule has 0 aliphatic carbocycles. The van der Waals surface area contributed by atoms with Gasteiger partial charge in [0.2, 0.25) is 11.8 Å². The molecule has 6 heteroatoms. The Morgan fingerprint density at radius 3 is 2.46 bits per heavy atom. The molecule has 0 radical (unpaired) electrons. The molecule has 3 fully saturated rings. The van der Waals surface area contributed by atoms with Gasteiger partial charge in [-0.2, -0.15) is 0 Å². The van der Waals surface area contributed by atoms with Crippen molar-refractivity contribution < 1.29 is 14.7 Å². The summed E-state index contributed by atoms with van der Waals surface area (Å²) in [6.45, 7) is 5.83. The minimum atomic E-state index is 0.0508. The van der Waals surface area contributed by atoms with Crippen molar-refractivity contribution in [2.24, 2.45) is 11.8 Å². The van der Waals surface area contributed by atoms with E-state index in [1.54, 1.807) is 4.90 Å². The second-order valence-corrected chi connectivity index (χ2v) is 7.73. The number of aliphatic hydroxyl groups is 1. The topological polar surface area (TPSA) is 64.1 Å². The first-order valence-electron chi connectivity index (χ1n) is 9.54. The van der Waals surface area contributed by atoms with Gasteiger partial charge in [-0.25, -0.2) is 0 Å². The van der Waals surface area contributed by atoms with Crippen molar-refractivity contribution in [3.05, 3.63) is 0 Å². The summed E-state index contributed by atoms with van der Waals surface area (Å²) in [5.74, 6) is 0.774. The number of likely N-dealkylation sites (tertiary alicyclic amines) is 3. The average molecular weight is 337 g/mol. The van der Waals surface area contributed by atoms with Crippen LogP contribution in [0.15, 0.2) is 0 Å². The van der Waals surface area contributed by atoms with Gasteiger partial charge >= 0.3 is 0 Å². The van der Waals surface area contributed by atoms with E-state index in [1.807, 2.05) is 4.90 Å². The molecule has 3 heterocycles. The minimum absolute atomic E-state index is 0.0508. The Bertz CT molecular complexity index is 451. The number of piperidine rings is 2. The van der Waals surface area contributed by atoms with Crippen molar-refractivity contribution in [3.8, 4) is 0 Å². The van der Waals surface area contributed by atoms with Gasteiger partial charge < -0.3 is 19.8 Å². The van der Waals surface area contributed by atoms with Crippen LogP contribution in [0.5, 0.6) is 0 Å². The summed E-state index contributed by atoms with van der Waals surface area (Å²) in [4.78, 5) is 30.7. The van der Waals surface area contributed by atoms with Crippen LogP contribution in [-0.2, 0) is 9.59 Å². The van der Waals surface area contributed by atoms with Crippen LogP contribution < -0.4 is 0 Å². The van der Waals surface area contributed by atoms with Gasteiger partial charge in [-0.3, -0.25) is 9.59 Å². The zero-order chi connectivity index (χ0) is 16.9. The fourth-order valence-electron chi connectivity index (χ4n) is 4.41. The lowest BCUT2D eigenvalue weighted by Crippen LogP contribution is -2.51. The highest BCUT2D eigenvalue weighted by Crippen LogP contribution is 2.24. The molecule has 0 aromatic heterocycles. The van der Waals surface area contributed by atoms with E-state index in [0.29, 0.717) is 25.4 Å². The largest absolute Gasteiger partial charge is 0.396 e. The first-order chi connectivity index (χ1) is 11.7. The molecule has 24 heavy (non-hydrogen) atoms. The van der Waals surface area contributed by atoms with Crippen LogP contribution in [0.25, 0.3) is 0 Å². The molecule has 1 N–H and O–H groups in total. The lowest BCUT2D eigenvalue weighted by Gasteiger charge is -2.39. The number of nitrogens with zero attached hydrogens (tertiary/aromatic N) is 3. The summed E-state index contributed by atoms with van der Waals surface area (Å²) in [7, 11) is 0. The fourth-order valence-corrected chi connectivity index (χ4v) is 4.41. The molecule has 2 atom stereocenters. The van der Waals surface area contributed by atoms with Crippen LogP contribution in [-0.4, -0.2) is 84.0 Å². The molecule has 136 valence electrons. The third-order valence-corrected chi connectivity index (χ3v) is 5.70. The van der Waals surface area contributed by atoms with Crippen LogP contribution in [0.1, 0.15) is 38.5 Å². The molecule has 2 amide bonds. The zero-order valence-electron chi connectivity index (χ0n) is 14.7. The molecule has 0 unspecified atom stereocenters. The molecular weight excluding hydrogens is 306 g/mol. The third kappa shape index (κ3) is 4.48. The first-order valence-corrected chi connectivity index (χ1v) is 9.54. The molecule has 6 nitrogen and oxygen atoms in total. The fraction of sp³-hybridized carbons (Fsp3) is 0.889. The Morgan fingerprint density at radius 1 is 1.04 bits per heavy atom. The summed E-state index contributed by atoms with van der Waals surface area (Å²) in [5, 5.41) is 9.62. The van der Waals surface area contributed by atoms with E-state index < -0.39 is 0 Å². The molecule has 3 saturated heterocycles. The predicted molar refractivity (Wildman–Crippen MR) is 91.4 cm³/mol. The normalized spacial score (nSPS) is 29.3. The maximum absolute atomic E-state index is 12.7. The molecule has 0 aromatic rings. The van der Waals surface area contributed by atoms with Crippen molar-refractivity contribution in [1.29, 1.82) is 0 Å².